The van der Waals surface area contributed by atoms with E-state index in [1.165, 1.54) is 37.3 Å². The first-order valence-electron chi connectivity index (χ1n) is 6.70. The van der Waals surface area contributed by atoms with Gasteiger partial charge in [0.05, 0.1) is 0 Å². The molecule has 23 heavy (non-hydrogen) atoms. The fraction of sp³-hybridized carbons (Fsp3) is 0.125. The molecule has 0 saturated carbocycles. The first-order valence-corrected chi connectivity index (χ1v) is 6.70. The molecular weight excluding hydrogens is 306 g/mol. The molecule has 0 radical (unpaired) electrons. The highest BCUT2D eigenvalue weighted by Crippen LogP contribution is 2.19. The number of hydrogen-bond acceptors (Lipinski definition) is 3. The van der Waals surface area contributed by atoms with Crippen LogP contribution in [0.2, 0.25) is 0 Å². The van der Waals surface area contributed by atoms with E-state index in [-0.39, 0.29) is 0 Å². The lowest BCUT2D eigenvalue weighted by Crippen LogP contribution is -2.30. The average Bonchev–Trinajstić information content (AvgIpc) is 2.51. The minimum absolute atomic E-state index is 0.294. The van der Waals surface area contributed by atoms with Crippen LogP contribution in [0.1, 0.15) is 17.3 Å². The van der Waals surface area contributed by atoms with Crippen molar-refractivity contribution in [3.05, 3.63) is 59.7 Å². The molecule has 1 atom stereocenters. The van der Waals surface area contributed by atoms with Gasteiger partial charge in [-0.25, -0.2) is 8.78 Å². The number of benzene rings is 2. The van der Waals surface area contributed by atoms with Gasteiger partial charge < -0.3 is 15.8 Å². The van der Waals surface area contributed by atoms with Crippen molar-refractivity contribution in [2.45, 2.75) is 13.0 Å². The monoisotopic (exact) mass is 320 g/mol. The van der Waals surface area contributed by atoms with Crippen molar-refractivity contribution in [1.29, 1.82) is 0 Å². The number of ether oxygens (including phenoxy) is 1. The predicted molar refractivity (Wildman–Crippen MR) is 80.0 cm³/mol. The Morgan fingerprint density at radius 1 is 1.09 bits per heavy atom. The molecular formula is C16H14F2N2O3. The number of halogens is 2. The van der Waals surface area contributed by atoms with E-state index in [0.717, 1.165) is 12.1 Å². The second-order valence-corrected chi connectivity index (χ2v) is 4.73. The van der Waals surface area contributed by atoms with E-state index in [1.807, 2.05) is 0 Å². The summed E-state index contributed by atoms with van der Waals surface area (Å²) >= 11 is 0. The molecule has 0 spiro atoms. The highest BCUT2D eigenvalue weighted by atomic mass is 19.1. The number of anilines is 1. The largest absolute Gasteiger partial charge is 0.481 e. The molecule has 0 fully saturated rings. The standard InChI is InChI=1S/C16H14F2N2O3/c1-9(23-11-7-5-10(6-8-11)15(19)21)16(22)20-14-12(17)3-2-4-13(14)18/h2-9H,1H3,(H2,19,21)(H,20,22)/t9-/m0/s1. The van der Waals surface area contributed by atoms with Crippen molar-refractivity contribution in [1.82, 2.24) is 0 Å². The van der Waals surface area contributed by atoms with E-state index in [1.54, 1.807) is 0 Å². The van der Waals surface area contributed by atoms with Gasteiger partial charge in [0.1, 0.15) is 23.1 Å². The van der Waals surface area contributed by atoms with Gasteiger partial charge in [0.15, 0.2) is 6.10 Å². The van der Waals surface area contributed by atoms with Gasteiger partial charge in [-0.05, 0) is 43.3 Å². The summed E-state index contributed by atoms with van der Waals surface area (Å²) in [5.74, 6) is -2.75. The lowest BCUT2D eigenvalue weighted by molar-refractivity contribution is -0.122. The SMILES string of the molecule is C[C@H](Oc1ccc(C(N)=O)cc1)C(=O)Nc1c(F)cccc1F. The number of nitrogens with two attached hydrogens (primary N) is 1. The van der Waals surface area contributed by atoms with Crippen LogP contribution < -0.4 is 15.8 Å². The smallest absolute Gasteiger partial charge is 0.265 e. The Morgan fingerprint density at radius 3 is 2.17 bits per heavy atom. The van der Waals surface area contributed by atoms with Crippen LogP contribution in [0.3, 0.4) is 0 Å². The number of para-hydroxylation sites is 1. The van der Waals surface area contributed by atoms with Crippen molar-refractivity contribution in [3.63, 3.8) is 0 Å². The quantitative estimate of drug-likeness (QED) is 0.888. The van der Waals surface area contributed by atoms with Gasteiger partial charge in [-0.1, -0.05) is 6.07 Å². The van der Waals surface area contributed by atoms with Crippen LogP contribution in [0.15, 0.2) is 42.5 Å². The van der Waals surface area contributed by atoms with Crippen LogP contribution in [0.25, 0.3) is 0 Å². The normalized spacial score (nSPS) is 11.6. The molecule has 120 valence electrons. The molecule has 5 nitrogen and oxygen atoms in total. The summed E-state index contributed by atoms with van der Waals surface area (Å²) in [5, 5.41) is 2.14. The fourth-order valence-corrected chi connectivity index (χ4v) is 1.80. The average molecular weight is 320 g/mol. The predicted octanol–water partition coefficient (Wildman–Crippen LogP) is 2.47. The Labute approximate surface area is 131 Å². The van der Waals surface area contributed by atoms with Gasteiger partial charge >= 0.3 is 0 Å². The van der Waals surface area contributed by atoms with Crippen LogP contribution in [0, 0.1) is 11.6 Å². The van der Waals surface area contributed by atoms with Crippen LogP contribution in [0.4, 0.5) is 14.5 Å². The molecule has 0 saturated heterocycles. The van der Waals surface area contributed by atoms with E-state index < -0.39 is 35.2 Å². The molecule has 0 aliphatic carbocycles. The Hall–Kier alpha value is -2.96. The van der Waals surface area contributed by atoms with E-state index in [0.29, 0.717) is 11.3 Å². The summed E-state index contributed by atoms with van der Waals surface area (Å²) in [6.07, 6.45) is -1.01. The van der Waals surface area contributed by atoms with Crippen molar-refractivity contribution < 1.29 is 23.1 Å². The van der Waals surface area contributed by atoms with Gasteiger partial charge in [0, 0.05) is 5.56 Å². The third-order valence-electron chi connectivity index (χ3n) is 3.03. The third-order valence-corrected chi connectivity index (χ3v) is 3.03. The Bertz CT molecular complexity index is 712. The van der Waals surface area contributed by atoms with Gasteiger partial charge in [-0.2, -0.15) is 0 Å². The summed E-state index contributed by atoms with van der Waals surface area (Å²) in [6.45, 7) is 1.43. The third kappa shape index (κ3) is 4.03. The van der Waals surface area contributed by atoms with Crippen molar-refractivity contribution in [2.24, 2.45) is 5.73 Å². The Balaban J connectivity index is 2.04. The van der Waals surface area contributed by atoms with E-state index in [9.17, 15) is 18.4 Å². The van der Waals surface area contributed by atoms with Gasteiger partial charge in [-0.15, -0.1) is 0 Å². The molecule has 7 heteroatoms. The number of carbonyl (C=O) groups excluding carboxylic acids is 2. The van der Waals surface area contributed by atoms with Crippen LogP contribution in [-0.4, -0.2) is 17.9 Å². The van der Waals surface area contributed by atoms with Gasteiger partial charge in [-0.3, -0.25) is 9.59 Å². The fourth-order valence-electron chi connectivity index (χ4n) is 1.80. The Morgan fingerprint density at radius 2 is 1.65 bits per heavy atom. The first-order chi connectivity index (χ1) is 10.9. The lowest BCUT2D eigenvalue weighted by atomic mass is 10.2. The molecule has 0 aromatic heterocycles. The number of rotatable bonds is 5. The number of carbonyl (C=O) groups is 2. The topological polar surface area (TPSA) is 81.4 Å². The number of primary amides is 1. The highest BCUT2D eigenvalue weighted by Gasteiger charge is 2.18. The van der Waals surface area contributed by atoms with Crippen LogP contribution in [0.5, 0.6) is 5.75 Å². The summed E-state index contributed by atoms with van der Waals surface area (Å²) in [6, 6.07) is 9.08. The van der Waals surface area contributed by atoms with Gasteiger partial charge in [0.25, 0.3) is 5.91 Å². The van der Waals surface area contributed by atoms with Crippen LogP contribution >= 0.6 is 0 Å². The van der Waals surface area contributed by atoms with Crippen molar-refractivity contribution in [2.75, 3.05) is 5.32 Å². The molecule has 0 heterocycles. The maximum atomic E-state index is 13.5. The zero-order chi connectivity index (χ0) is 17.0. The summed E-state index contributed by atoms with van der Waals surface area (Å²) in [5.41, 5.74) is 4.88. The summed E-state index contributed by atoms with van der Waals surface area (Å²) in [7, 11) is 0. The van der Waals surface area contributed by atoms with Crippen LogP contribution in [-0.2, 0) is 4.79 Å². The maximum absolute atomic E-state index is 13.5. The number of amides is 2. The zero-order valence-corrected chi connectivity index (χ0v) is 12.2. The second-order valence-electron chi connectivity index (χ2n) is 4.73. The maximum Gasteiger partial charge on any atom is 0.265 e. The van der Waals surface area contributed by atoms with E-state index in [4.69, 9.17) is 10.5 Å². The molecule has 2 aromatic carbocycles. The minimum Gasteiger partial charge on any atom is -0.481 e. The zero-order valence-electron chi connectivity index (χ0n) is 12.2. The first kappa shape index (κ1) is 16.4. The van der Waals surface area contributed by atoms with E-state index >= 15 is 0 Å². The summed E-state index contributed by atoms with van der Waals surface area (Å²) in [4.78, 5) is 22.9. The molecule has 0 aliphatic heterocycles. The summed E-state index contributed by atoms with van der Waals surface area (Å²) < 4.78 is 32.3. The van der Waals surface area contributed by atoms with Crippen molar-refractivity contribution in [3.8, 4) is 5.75 Å². The van der Waals surface area contributed by atoms with E-state index in [2.05, 4.69) is 5.32 Å². The number of nitrogens with one attached hydrogen (secondary N) is 1. The van der Waals surface area contributed by atoms with Crippen molar-refractivity contribution >= 4 is 17.5 Å². The molecule has 2 rings (SSSR count). The highest BCUT2D eigenvalue weighted by molar-refractivity contribution is 5.94. The molecule has 0 bridgehead atoms. The molecule has 2 amide bonds. The molecule has 0 unspecified atom stereocenters. The van der Waals surface area contributed by atoms with Gasteiger partial charge in [0.2, 0.25) is 5.91 Å². The number of hydrogen-bond donors (Lipinski definition) is 2. The second kappa shape index (κ2) is 6.87. The molecule has 3 N–H and O–H groups in total. The molecule has 0 aliphatic rings. The molecule has 2 aromatic rings. The minimum atomic E-state index is -1.01. The Kier molecular flexibility index (Phi) is 4.90. The lowest BCUT2D eigenvalue weighted by Gasteiger charge is -2.15.